The van der Waals surface area contributed by atoms with Gasteiger partial charge in [-0.2, -0.15) is 5.10 Å². The average Bonchev–Trinajstić information content (AvgIpc) is 3.03. The fraction of sp³-hybridized carbons (Fsp3) is 0.348. The number of fused-ring (bicyclic) bond motifs is 1. The number of carbonyl (C=O) groups is 2. The molecule has 1 saturated carbocycles. The third-order valence-electron chi connectivity index (χ3n) is 5.67. The SMILES string of the molecule is COc1ccc2c(c1)N(CC1CCCCC1)C(=O)/C2=N\NC(=O)c1ccccc1. The second-order valence-corrected chi connectivity index (χ2v) is 7.57. The van der Waals surface area contributed by atoms with Crippen molar-refractivity contribution in [1.82, 2.24) is 5.43 Å². The summed E-state index contributed by atoms with van der Waals surface area (Å²) in [6, 6.07) is 14.4. The fourth-order valence-electron chi connectivity index (χ4n) is 4.09. The van der Waals surface area contributed by atoms with E-state index < -0.39 is 0 Å². The van der Waals surface area contributed by atoms with E-state index in [1.807, 2.05) is 24.3 Å². The van der Waals surface area contributed by atoms with E-state index in [-0.39, 0.29) is 17.5 Å². The Morgan fingerprint density at radius 1 is 1.14 bits per heavy atom. The molecule has 0 unspecified atom stereocenters. The van der Waals surface area contributed by atoms with Crippen LogP contribution in [-0.4, -0.2) is 31.2 Å². The molecular formula is C23H25N3O3. The number of methoxy groups -OCH3 is 1. The maximum absolute atomic E-state index is 13.2. The van der Waals surface area contributed by atoms with E-state index in [2.05, 4.69) is 10.5 Å². The van der Waals surface area contributed by atoms with E-state index in [0.717, 1.165) is 24.1 Å². The smallest absolute Gasteiger partial charge is 0.279 e. The summed E-state index contributed by atoms with van der Waals surface area (Å²) in [5.74, 6) is 0.670. The molecule has 0 saturated heterocycles. The highest BCUT2D eigenvalue weighted by Crippen LogP contribution is 2.35. The minimum Gasteiger partial charge on any atom is -0.497 e. The zero-order chi connectivity index (χ0) is 20.2. The number of carbonyl (C=O) groups excluding carboxylic acids is 2. The monoisotopic (exact) mass is 391 g/mol. The minimum absolute atomic E-state index is 0.174. The van der Waals surface area contributed by atoms with Crippen molar-refractivity contribution >= 4 is 23.2 Å². The molecule has 0 aromatic heterocycles. The lowest BCUT2D eigenvalue weighted by atomic mass is 9.89. The number of nitrogens with zero attached hydrogens (tertiary/aromatic N) is 2. The van der Waals surface area contributed by atoms with Gasteiger partial charge in [0.15, 0.2) is 5.71 Å². The van der Waals surface area contributed by atoms with E-state index in [0.29, 0.717) is 23.8 Å². The van der Waals surface area contributed by atoms with Crippen LogP contribution in [0.1, 0.15) is 48.0 Å². The lowest BCUT2D eigenvalue weighted by Crippen LogP contribution is -2.36. The van der Waals surface area contributed by atoms with Crippen LogP contribution < -0.4 is 15.1 Å². The molecule has 2 aromatic carbocycles. The Balaban J connectivity index is 1.61. The van der Waals surface area contributed by atoms with Crippen molar-refractivity contribution in [1.29, 1.82) is 0 Å². The van der Waals surface area contributed by atoms with Gasteiger partial charge in [0, 0.05) is 23.7 Å². The van der Waals surface area contributed by atoms with Crippen LogP contribution in [-0.2, 0) is 4.79 Å². The van der Waals surface area contributed by atoms with Crippen molar-refractivity contribution in [3.8, 4) is 5.75 Å². The lowest BCUT2D eigenvalue weighted by molar-refractivity contribution is -0.112. The zero-order valence-corrected chi connectivity index (χ0v) is 16.6. The molecule has 29 heavy (non-hydrogen) atoms. The maximum atomic E-state index is 13.2. The molecule has 150 valence electrons. The first-order valence-electron chi connectivity index (χ1n) is 10.1. The van der Waals surface area contributed by atoms with Gasteiger partial charge in [-0.1, -0.05) is 37.5 Å². The predicted octanol–water partition coefficient (Wildman–Crippen LogP) is 3.76. The number of ether oxygens (including phenoxy) is 1. The summed E-state index contributed by atoms with van der Waals surface area (Å²) in [6.07, 6.45) is 5.98. The van der Waals surface area contributed by atoms with Crippen molar-refractivity contribution < 1.29 is 14.3 Å². The highest BCUT2D eigenvalue weighted by molar-refractivity contribution is 6.54. The van der Waals surface area contributed by atoms with Gasteiger partial charge in [-0.3, -0.25) is 9.59 Å². The highest BCUT2D eigenvalue weighted by atomic mass is 16.5. The summed E-state index contributed by atoms with van der Waals surface area (Å²) in [7, 11) is 1.61. The second-order valence-electron chi connectivity index (χ2n) is 7.57. The number of benzene rings is 2. The van der Waals surface area contributed by atoms with Gasteiger partial charge in [-0.05, 0) is 43.0 Å². The number of rotatable bonds is 5. The molecule has 0 atom stereocenters. The van der Waals surface area contributed by atoms with Gasteiger partial charge in [0.2, 0.25) is 0 Å². The first-order valence-corrected chi connectivity index (χ1v) is 10.1. The van der Waals surface area contributed by atoms with Crippen molar-refractivity contribution in [2.75, 3.05) is 18.6 Å². The molecule has 1 N–H and O–H groups in total. The van der Waals surface area contributed by atoms with E-state index in [1.54, 1.807) is 36.3 Å². The Kier molecular flexibility index (Phi) is 5.60. The molecule has 0 spiro atoms. The van der Waals surface area contributed by atoms with Gasteiger partial charge >= 0.3 is 0 Å². The number of hydrogen-bond donors (Lipinski definition) is 1. The predicted molar refractivity (Wildman–Crippen MR) is 112 cm³/mol. The van der Waals surface area contributed by atoms with Gasteiger partial charge in [0.1, 0.15) is 5.75 Å². The number of amides is 2. The standard InChI is InChI=1S/C23H25N3O3/c1-29-18-12-13-19-20(14-18)26(15-16-8-4-2-5-9-16)23(28)21(19)24-25-22(27)17-10-6-3-7-11-17/h3,6-7,10-14,16H,2,4-5,8-9,15H2,1H3,(H,25,27)/b24-21-. The Morgan fingerprint density at radius 2 is 1.90 bits per heavy atom. The van der Waals surface area contributed by atoms with E-state index in [9.17, 15) is 9.59 Å². The zero-order valence-electron chi connectivity index (χ0n) is 16.6. The van der Waals surface area contributed by atoms with Crippen molar-refractivity contribution in [3.05, 3.63) is 59.7 Å². The largest absolute Gasteiger partial charge is 0.497 e. The molecule has 1 aliphatic heterocycles. The maximum Gasteiger partial charge on any atom is 0.279 e. The molecule has 6 heteroatoms. The normalized spacial score (nSPS) is 18.0. The van der Waals surface area contributed by atoms with Crippen molar-refractivity contribution in [2.45, 2.75) is 32.1 Å². The van der Waals surface area contributed by atoms with Crippen LogP contribution in [0, 0.1) is 5.92 Å². The van der Waals surface area contributed by atoms with Gasteiger partial charge in [-0.15, -0.1) is 0 Å². The summed E-state index contributed by atoms with van der Waals surface area (Å²) in [5.41, 5.74) is 4.82. The quantitative estimate of drug-likeness (QED) is 0.789. The molecule has 1 aliphatic carbocycles. The minimum atomic E-state index is -0.341. The van der Waals surface area contributed by atoms with Crippen molar-refractivity contribution in [2.24, 2.45) is 11.0 Å². The first-order chi connectivity index (χ1) is 14.2. The Bertz CT molecular complexity index is 934. The van der Waals surface area contributed by atoms with E-state index in [1.165, 1.54) is 19.3 Å². The Morgan fingerprint density at radius 3 is 2.62 bits per heavy atom. The second kappa shape index (κ2) is 8.47. The Hall–Kier alpha value is -3.15. The van der Waals surface area contributed by atoms with Crippen LogP contribution in [0.3, 0.4) is 0 Å². The number of hydrogen-bond acceptors (Lipinski definition) is 4. The summed E-state index contributed by atoms with van der Waals surface area (Å²) >= 11 is 0. The number of nitrogens with one attached hydrogen (secondary N) is 1. The third-order valence-corrected chi connectivity index (χ3v) is 5.67. The van der Waals surface area contributed by atoms with Crippen LogP contribution in [0.25, 0.3) is 0 Å². The fourth-order valence-corrected chi connectivity index (χ4v) is 4.09. The van der Waals surface area contributed by atoms with Crippen LogP contribution in [0.2, 0.25) is 0 Å². The molecule has 6 nitrogen and oxygen atoms in total. The molecule has 0 radical (unpaired) electrons. The van der Waals surface area contributed by atoms with Gasteiger partial charge < -0.3 is 9.64 Å². The number of hydrazone groups is 1. The average molecular weight is 391 g/mol. The summed E-state index contributed by atoms with van der Waals surface area (Å²) in [5, 5.41) is 4.21. The van der Waals surface area contributed by atoms with E-state index >= 15 is 0 Å². The molecule has 2 aromatic rings. The lowest BCUT2D eigenvalue weighted by Gasteiger charge is -2.27. The summed E-state index contributed by atoms with van der Waals surface area (Å²) in [6.45, 7) is 0.671. The molecule has 1 fully saturated rings. The van der Waals surface area contributed by atoms with Gasteiger partial charge in [-0.25, -0.2) is 5.43 Å². The molecular weight excluding hydrogens is 366 g/mol. The van der Waals surface area contributed by atoms with Crippen LogP contribution in [0.4, 0.5) is 5.69 Å². The van der Waals surface area contributed by atoms with Crippen LogP contribution >= 0.6 is 0 Å². The number of anilines is 1. The molecule has 0 bridgehead atoms. The van der Waals surface area contributed by atoms with Gasteiger partial charge in [0.05, 0.1) is 12.8 Å². The van der Waals surface area contributed by atoms with E-state index in [4.69, 9.17) is 4.74 Å². The molecule has 2 amide bonds. The highest BCUT2D eigenvalue weighted by Gasteiger charge is 2.36. The first kappa shape index (κ1) is 19.2. The molecule has 1 heterocycles. The van der Waals surface area contributed by atoms with Crippen LogP contribution in [0.5, 0.6) is 5.75 Å². The molecule has 2 aliphatic rings. The van der Waals surface area contributed by atoms with Crippen LogP contribution in [0.15, 0.2) is 53.6 Å². The topological polar surface area (TPSA) is 71.0 Å². The summed E-state index contributed by atoms with van der Waals surface area (Å²) in [4.78, 5) is 27.3. The van der Waals surface area contributed by atoms with Gasteiger partial charge in [0.25, 0.3) is 11.8 Å². The molecule has 4 rings (SSSR count). The Labute approximate surface area is 170 Å². The summed E-state index contributed by atoms with van der Waals surface area (Å²) < 4.78 is 5.36. The third kappa shape index (κ3) is 4.01. The van der Waals surface area contributed by atoms with Crippen molar-refractivity contribution in [3.63, 3.8) is 0 Å².